The van der Waals surface area contributed by atoms with E-state index in [2.05, 4.69) is 15.6 Å². The fourth-order valence-corrected chi connectivity index (χ4v) is 3.05. The molecule has 0 fully saturated rings. The minimum Gasteiger partial charge on any atom is -0.481 e. The first-order chi connectivity index (χ1) is 12.9. The van der Waals surface area contributed by atoms with E-state index in [0.717, 1.165) is 10.6 Å². The highest BCUT2D eigenvalue weighted by molar-refractivity contribution is 7.15. The highest BCUT2D eigenvalue weighted by atomic mass is 32.1. The van der Waals surface area contributed by atoms with Crippen LogP contribution in [0.25, 0.3) is 0 Å². The Kier molecular flexibility index (Phi) is 7.71. The number of anilines is 2. The molecule has 4 N–H and O–H groups in total. The molecule has 1 atom stereocenters. The molecule has 8 nitrogen and oxygen atoms in total. The van der Waals surface area contributed by atoms with E-state index in [1.807, 2.05) is 13.8 Å². The Bertz CT molecular complexity index is 774. The van der Waals surface area contributed by atoms with Crippen molar-refractivity contribution in [3.63, 3.8) is 0 Å². The summed E-state index contributed by atoms with van der Waals surface area (Å²) in [4.78, 5) is 27.9. The topological polar surface area (TPSA) is 121 Å². The van der Waals surface area contributed by atoms with E-state index in [9.17, 15) is 14.7 Å². The van der Waals surface area contributed by atoms with Crippen molar-refractivity contribution >= 4 is 34.0 Å². The Balaban J connectivity index is 1.92. The largest absolute Gasteiger partial charge is 0.481 e. The number of nitrogens with zero attached hydrogens (tertiary/aromatic N) is 1. The van der Waals surface area contributed by atoms with Crippen LogP contribution in [-0.2, 0) is 14.3 Å². The number of carboxylic acid groups (broad SMARTS) is 1. The maximum absolute atomic E-state index is 12.1. The Hall–Kier alpha value is -2.49. The van der Waals surface area contributed by atoms with Crippen molar-refractivity contribution in [1.29, 1.82) is 0 Å². The van der Waals surface area contributed by atoms with Crippen molar-refractivity contribution < 1.29 is 24.5 Å². The van der Waals surface area contributed by atoms with Crippen LogP contribution in [0.2, 0.25) is 0 Å². The molecular formula is C18H23N3O5S. The average Bonchev–Trinajstić information content (AvgIpc) is 2.92. The van der Waals surface area contributed by atoms with Gasteiger partial charge < -0.3 is 25.6 Å². The van der Waals surface area contributed by atoms with Crippen molar-refractivity contribution in [2.24, 2.45) is 0 Å². The van der Waals surface area contributed by atoms with Gasteiger partial charge in [0.05, 0.1) is 31.7 Å². The molecule has 2 rings (SSSR count). The number of aliphatic carboxylic acids is 1. The third kappa shape index (κ3) is 6.63. The molecule has 146 valence electrons. The monoisotopic (exact) mass is 393 g/mol. The summed E-state index contributed by atoms with van der Waals surface area (Å²) in [5.41, 5.74) is 1.90. The molecule has 0 saturated heterocycles. The number of para-hydroxylation sites is 1. The lowest BCUT2D eigenvalue weighted by atomic mass is 10.1. The molecule has 27 heavy (non-hydrogen) atoms. The molecule has 1 aromatic carbocycles. The minimum absolute atomic E-state index is 0.0640. The lowest BCUT2D eigenvalue weighted by Crippen LogP contribution is -2.18. The molecule has 0 spiro atoms. The zero-order chi connectivity index (χ0) is 19.8. The van der Waals surface area contributed by atoms with Gasteiger partial charge in [-0.3, -0.25) is 9.59 Å². The van der Waals surface area contributed by atoms with Gasteiger partial charge in [-0.25, -0.2) is 4.98 Å². The number of rotatable bonds is 10. The van der Waals surface area contributed by atoms with E-state index < -0.39 is 12.2 Å². The van der Waals surface area contributed by atoms with E-state index in [1.165, 1.54) is 11.3 Å². The number of benzene rings is 1. The molecule has 0 bridgehead atoms. The van der Waals surface area contributed by atoms with Crippen LogP contribution in [-0.4, -0.2) is 40.3 Å². The van der Waals surface area contributed by atoms with Gasteiger partial charge in [0.25, 0.3) is 0 Å². The van der Waals surface area contributed by atoms with Gasteiger partial charge in [-0.05, 0) is 19.9 Å². The second-order valence-corrected chi connectivity index (χ2v) is 7.05. The summed E-state index contributed by atoms with van der Waals surface area (Å²) in [5.74, 6) is -1.23. The fraction of sp³-hybridized carbons (Fsp3) is 0.389. The number of carboxylic acids is 1. The van der Waals surface area contributed by atoms with Crippen LogP contribution in [0.4, 0.5) is 10.8 Å². The zero-order valence-corrected chi connectivity index (χ0v) is 16.0. The van der Waals surface area contributed by atoms with E-state index in [1.54, 1.807) is 24.3 Å². The number of carbonyl (C=O) groups is 2. The van der Waals surface area contributed by atoms with Gasteiger partial charge in [-0.1, -0.05) is 18.2 Å². The number of hydrogen-bond donors (Lipinski definition) is 4. The van der Waals surface area contributed by atoms with E-state index in [0.29, 0.717) is 16.4 Å². The van der Waals surface area contributed by atoms with Gasteiger partial charge in [0.1, 0.15) is 0 Å². The molecule has 1 aromatic heterocycles. The number of aliphatic hydroxyl groups is 1. The first kappa shape index (κ1) is 20.8. The summed E-state index contributed by atoms with van der Waals surface area (Å²) in [6, 6.07) is 6.93. The predicted molar refractivity (Wildman–Crippen MR) is 103 cm³/mol. The number of amides is 1. The third-order valence-corrected chi connectivity index (χ3v) is 4.76. The van der Waals surface area contributed by atoms with Gasteiger partial charge in [0, 0.05) is 16.1 Å². The summed E-state index contributed by atoms with van der Waals surface area (Å²) >= 11 is 1.45. The highest BCUT2D eigenvalue weighted by Gasteiger charge is 2.15. The van der Waals surface area contributed by atoms with Gasteiger partial charge in [-0.15, -0.1) is 11.3 Å². The molecule has 0 saturated carbocycles. The van der Waals surface area contributed by atoms with Crippen LogP contribution < -0.4 is 10.6 Å². The van der Waals surface area contributed by atoms with Crippen molar-refractivity contribution in [3.8, 4) is 0 Å². The van der Waals surface area contributed by atoms with Crippen molar-refractivity contribution in [2.45, 2.75) is 32.9 Å². The van der Waals surface area contributed by atoms with Gasteiger partial charge in [0.2, 0.25) is 5.91 Å². The highest BCUT2D eigenvalue weighted by Crippen LogP contribution is 2.28. The summed E-state index contributed by atoms with van der Waals surface area (Å²) in [6.07, 6.45) is -1.04. The minimum atomic E-state index is -1.03. The Morgan fingerprint density at radius 2 is 1.93 bits per heavy atom. The Morgan fingerprint density at radius 1 is 1.22 bits per heavy atom. The Morgan fingerprint density at radius 3 is 2.59 bits per heavy atom. The smallest absolute Gasteiger partial charge is 0.305 e. The number of aliphatic hydroxyl groups excluding tert-OH is 1. The van der Waals surface area contributed by atoms with Crippen LogP contribution >= 0.6 is 11.3 Å². The standard InChI is InChI=1S/C18H23N3O5S/c1-11-12(2)27-18(19-11)21-17(25)13-5-3-4-6-14(13)20-15(22)7-9-26-10-8-16(23)24/h3-6,17,25H,7-10H2,1-2H3,(H,19,21)(H,20,22)(H,23,24). The molecule has 0 aliphatic heterocycles. The molecule has 1 amide bonds. The number of aryl methyl sites for hydroxylation is 2. The lowest BCUT2D eigenvalue weighted by molar-refractivity contribution is -0.138. The van der Waals surface area contributed by atoms with Gasteiger partial charge in [-0.2, -0.15) is 0 Å². The van der Waals surface area contributed by atoms with E-state index >= 15 is 0 Å². The quantitative estimate of drug-likeness (QED) is 0.362. The first-order valence-electron chi connectivity index (χ1n) is 8.43. The number of carbonyl (C=O) groups excluding carboxylic acids is 1. The van der Waals surface area contributed by atoms with Crippen LogP contribution in [0.15, 0.2) is 24.3 Å². The van der Waals surface area contributed by atoms with Crippen LogP contribution in [0.5, 0.6) is 0 Å². The second kappa shape index (κ2) is 10.0. The van der Waals surface area contributed by atoms with Crippen LogP contribution in [0.1, 0.15) is 35.2 Å². The average molecular weight is 393 g/mol. The maximum atomic E-state index is 12.1. The molecule has 2 aromatic rings. The van der Waals surface area contributed by atoms with Crippen molar-refractivity contribution in [2.75, 3.05) is 23.8 Å². The first-order valence-corrected chi connectivity index (χ1v) is 9.25. The number of aromatic nitrogens is 1. The van der Waals surface area contributed by atoms with Gasteiger partial charge >= 0.3 is 5.97 Å². The number of thiazole rings is 1. The normalized spacial score (nSPS) is 11.8. The fourth-order valence-electron chi connectivity index (χ4n) is 2.22. The number of nitrogens with one attached hydrogen (secondary N) is 2. The maximum Gasteiger partial charge on any atom is 0.305 e. The molecular weight excluding hydrogens is 370 g/mol. The molecule has 0 aliphatic carbocycles. The van der Waals surface area contributed by atoms with Crippen LogP contribution in [0, 0.1) is 13.8 Å². The summed E-state index contributed by atoms with van der Waals surface area (Å²) in [6.45, 7) is 4.04. The summed E-state index contributed by atoms with van der Waals surface area (Å²) < 4.78 is 5.11. The SMILES string of the molecule is Cc1nc(NC(O)c2ccccc2NC(=O)CCOCCC(=O)O)sc1C. The lowest BCUT2D eigenvalue weighted by Gasteiger charge is -2.17. The molecule has 0 radical (unpaired) electrons. The third-order valence-electron chi connectivity index (χ3n) is 3.75. The van der Waals surface area contributed by atoms with Crippen LogP contribution in [0.3, 0.4) is 0 Å². The molecule has 1 unspecified atom stereocenters. The molecule has 1 heterocycles. The zero-order valence-electron chi connectivity index (χ0n) is 15.2. The molecule has 0 aliphatic rings. The Labute approximate surface area is 161 Å². The predicted octanol–water partition coefficient (Wildman–Crippen LogP) is 2.68. The second-order valence-electron chi connectivity index (χ2n) is 5.85. The number of hydrogen-bond acceptors (Lipinski definition) is 7. The summed E-state index contributed by atoms with van der Waals surface area (Å²) in [5, 5.41) is 25.3. The molecule has 9 heteroatoms. The summed E-state index contributed by atoms with van der Waals surface area (Å²) in [7, 11) is 0. The van der Waals surface area contributed by atoms with Gasteiger partial charge in [0.15, 0.2) is 11.4 Å². The van der Waals surface area contributed by atoms with Crippen molar-refractivity contribution in [3.05, 3.63) is 40.4 Å². The van der Waals surface area contributed by atoms with E-state index in [-0.39, 0.29) is 32.0 Å². The number of ether oxygens (including phenoxy) is 1. The van der Waals surface area contributed by atoms with E-state index in [4.69, 9.17) is 9.84 Å². The van der Waals surface area contributed by atoms with Crippen molar-refractivity contribution in [1.82, 2.24) is 4.98 Å².